The molecule has 17 heavy (non-hydrogen) atoms. The maximum Gasteiger partial charge on any atom is 0.0644 e. The number of nitrogen functional groups attached to an aromatic ring is 1. The van der Waals surface area contributed by atoms with Crippen LogP contribution in [-0.2, 0) is 0 Å². The van der Waals surface area contributed by atoms with Gasteiger partial charge in [0.05, 0.1) is 11.4 Å². The second-order valence-corrected chi connectivity index (χ2v) is 4.14. The third kappa shape index (κ3) is 2.41. The molecule has 0 aliphatic carbocycles. The summed E-state index contributed by atoms with van der Waals surface area (Å²) in [5.74, 6) is 0. The van der Waals surface area contributed by atoms with Crippen molar-refractivity contribution >= 4 is 17.1 Å². The van der Waals surface area contributed by atoms with Crippen LogP contribution >= 0.6 is 0 Å². The molecule has 2 heteroatoms. The molecule has 0 radical (unpaired) electrons. The minimum absolute atomic E-state index is 0.829. The van der Waals surface area contributed by atoms with Crippen LogP contribution in [0.1, 0.15) is 12.5 Å². The van der Waals surface area contributed by atoms with Gasteiger partial charge in [-0.3, -0.25) is 0 Å². The van der Waals surface area contributed by atoms with E-state index < -0.39 is 0 Å². The molecule has 0 spiro atoms. The molecular weight excluding hydrogens is 208 g/mol. The van der Waals surface area contributed by atoms with E-state index in [4.69, 9.17) is 5.73 Å². The van der Waals surface area contributed by atoms with Crippen LogP contribution in [0.25, 0.3) is 0 Å². The summed E-state index contributed by atoms with van der Waals surface area (Å²) in [7, 11) is 0. The van der Waals surface area contributed by atoms with Gasteiger partial charge in [-0.15, -0.1) is 0 Å². The van der Waals surface area contributed by atoms with E-state index in [1.807, 2.05) is 24.3 Å². The SMILES string of the molecule is CCN(c1ccccc1)c1ccc(C)cc1N. The lowest BCUT2D eigenvalue weighted by Crippen LogP contribution is -2.17. The summed E-state index contributed by atoms with van der Waals surface area (Å²) < 4.78 is 0. The lowest BCUT2D eigenvalue weighted by atomic mass is 10.1. The molecule has 0 bridgehead atoms. The molecule has 2 nitrogen and oxygen atoms in total. The summed E-state index contributed by atoms with van der Waals surface area (Å²) in [6.45, 7) is 5.09. The van der Waals surface area contributed by atoms with Gasteiger partial charge in [-0.2, -0.15) is 0 Å². The minimum atomic E-state index is 0.829. The molecule has 2 aromatic rings. The number of anilines is 3. The van der Waals surface area contributed by atoms with Crippen LogP contribution < -0.4 is 10.6 Å². The molecule has 0 aliphatic heterocycles. The smallest absolute Gasteiger partial charge is 0.0644 e. The second-order valence-electron chi connectivity index (χ2n) is 4.14. The zero-order valence-electron chi connectivity index (χ0n) is 10.4. The lowest BCUT2D eigenvalue weighted by Gasteiger charge is -2.25. The number of hydrogen-bond donors (Lipinski definition) is 1. The van der Waals surface area contributed by atoms with Crippen molar-refractivity contribution in [1.82, 2.24) is 0 Å². The lowest BCUT2D eigenvalue weighted by molar-refractivity contribution is 1.02. The number of nitrogens with zero attached hydrogens (tertiary/aromatic N) is 1. The van der Waals surface area contributed by atoms with E-state index in [1.54, 1.807) is 0 Å². The van der Waals surface area contributed by atoms with Gasteiger partial charge >= 0.3 is 0 Å². The predicted octanol–water partition coefficient (Wildman–Crippen LogP) is 3.74. The van der Waals surface area contributed by atoms with Crippen molar-refractivity contribution in [2.45, 2.75) is 13.8 Å². The van der Waals surface area contributed by atoms with E-state index in [1.165, 1.54) is 11.3 Å². The minimum Gasteiger partial charge on any atom is -0.397 e. The van der Waals surface area contributed by atoms with Crippen molar-refractivity contribution in [1.29, 1.82) is 0 Å². The van der Waals surface area contributed by atoms with Crippen molar-refractivity contribution in [3.05, 3.63) is 54.1 Å². The highest BCUT2D eigenvalue weighted by atomic mass is 15.1. The van der Waals surface area contributed by atoms with E-state index in [0.717, 1.165) is 17.9 Å². The molecule has 2 rings (SSSR count). The average molecular weight is 226 g/mol. The number of para-hydroxylation sites is 1. The number of benzene rings is 2. The third-order valence-electron chi connectivity index (χ3n) is 2.86. The van der Waals surface area contributed by atoms with Gasteiger partial charge in [0, 0.05) is 12.2 Å². The number of rotatable bonds is 3. The van der Waals surface area contributed by atoms with Gasteiger partial charge in [0.2, 0.25) is 0 Å². The summed E-state index contributed by atoms with van der Waals surface area (Å²) in [6.07, 6.45) is 0. The van der Waals surface area contributed by atoms with Crippen molar-refractivity contribution in [2.75, 3.05) is 17.2 Å². The van der Waals surface area contributed by atoms with Gasteiger partial charge < -0.3 is 10.6 Å². The molecule has 0 heterocycles. The molecule has 0 unspecified atom stereocenters. The van der Waals surface area contributed by atoms with E-state index in [-0.39, 0.29) is 0 Å². The van der Waals surface area contributed by atoms with E-state index in [2.05, 4.69) is 43.0 Å². The summed E-state index contributed by atoms with van der Waals surface area (Å²) in [4.78, 5) is 2.22. The molecule has 0 saturated carbocycles. The van der Waals surface area contributed by atoms with Crippen LogP contribution in [0.2, 0.25) is 0 Å². The van der Waals surface area contributed by atoms with Gasteiger partial charge in [-0.25, -0.2) is 0 Å². The molecule has 0 saturated heterocycles. The average Bonchev–Trinajstić information content (AvgIpc) is 2.34. The van der Waals surface area contributed by atoms with Crippen LogP contribution in [0.15, 0.2) is 48.5 Å². The molecule has 0 atom stereocenters. The van der Waals surface area contributed by atoms with Gasteiger partial charge in [-0.1, -0.05) is 24.3 Å². The normalized spacial score (nSPS) is 10.2. The zero-order chi connectivity index (χ0) is 12.3. The highest BCUT2D eigenvalue weighted by Crippen LogP contribution is 2.30. The zero-order valence-corrected chi connectivity index (χ0v) is 10.4. The quantitative estimate of drug-likeness (QED) is 0.808. The van der Waals surface area contributed by atoms with Gasteiger partial charge in [0.1, 0.15) is 0 Å². The van der Waals surface area contributed by atoms with Crippen LogP contribution in [0.4, 0.5) is 17.1 Å². The Balaban J connectivity index is 2.42. The first kappa shape index (κ1) is 11.5. The molecule has 2 N–H and O–H groups in total. The highest BCUT2D eigenvalue weighted by Gasteiger charge is 2.09. The molecular formula is C15H18N2. The number of hydrogen-bond acceptors (Lipinski definition) is 2. The fourth-order valence-corrected chi connectivity index (χ4v) is 2.02. The monoisotopic (exact) mass is 226 g/mol. The summed E-state index contributed by atoms with van der Waals surface area (Å²) >= 11 is 0. The third-order valence-corrected chi connectivity index (χ3v) is 2.86. The van der Waals surface area contributed by atoms with Crippen LogP contribution in [-0.4, -0.2) is 6.54 Å². The van der Waals surface area contributed by atoms with Crippen molar-refractivity contribution in [2.24, 2.45) is 0 Å². The number of nitrogens with two attached hydrogens (primary N) is 1. The largest absolute Gasteiger partial charge is 0.397 e. The molecule has 2 aromatic carbocycles. The molecule has 0 amide bonds. The maximum atomic E-state index is 6.09. The Labute approximate surface area is 103 Å². The van der Waals surface area contributed by atoms with E-state index in [0.29, 0.717) is 0 Å². The Hall–Kier alpha value is -1.96. The Morgan fingerprint density at radius 2 is 1.76 bits per heavy atom. The standard InChI is InChI=1S/C15H18N2/c1-3-17(13-7-5-4-6-8-13)15-10-9-12(2)11-14(15)16/h4-11H,3,16H2,1-2H3. The Morgan fingerprint density at radius 1 is 1.06 bits per heavy atom. The Bertz CT molecular complexity index is 492. The van der Waals surface area contributed by atoms with E-state index >= 15 is 0 Å². The topological polar surface area (TPSA) is 29.3 Å². The first-order chi connectivity index (χ1) is 8.22. The Morgan fingerprint density at radius 3 is 2.35 bits per heavy atom. The highest BCUT2D eigenvalue weighted by molar-refractivity contribution is 5.75. The first-order valence-corrected chi connectivity index (χ1v) is 5.91. The fourth-order valence-electron chi connectivity index (χ4n) is 2.02. The van der Waals surface area contributed by atoms with Crippen LogP contribution in [0.5, 0.6) is 0 Å². The van der Waals surface area contributed by atoms with Crippen molar-refractivity contribution < 1.29 is 0 Å². The summed E-state index contributed by atoms with van der Waals surface area (Å²) in [5.41, 5.74) is 10.4. The van der Waals surface area contributed by atoms with Crippen LogP contribution in [0.3, 0.4) is 0 Å². The Kier molecular flexibility index (Phi) is 3.33. The van der Waals surface area contributed by atoms with Crippen LogP contribution in [0, 0.1) is 6.92 Å². The molecule has 0 fully saturated rings. The molecule has 0 aromatic heterocycles. The predicted molar refractivity (Wildman–Crippen MR) is 74.7 cm³/mol. The van der Waals surface area contributed by atoms with Crippen molar-refractivity contribution in [3.63, 3.8) is 0 Å². The number of aryl methyl sites for hydroxylation is 1. The summed E-state index contributed by atoms with van der Waals surface area (Å²) in [5, 5.41) is 0. The van der Waals surface area contributed by atoms with Gasteiger partial charge in [0.15, 0.2) is 0 Å². The molecule has 88 valence electrons. The van der Waals surface area contributed by atoms with Gasteiger partial charge in [-0.05, 0) is 43.7 Å². The first-order valence-electron chi connectivity index (χ1n) is 5.91. The van der Waals surface area contributed by atoms with Crippen molar-refractivity contribution in [3.8, 4) is 0 Å². The summed E-state index contributed by atoms with van der Waals surface area (Å²) in [6, 6.07) is 16.5. The second kappa shape index (κ2) is 4.91. The molecule has 0 aliphatic rings. The fraction of sp³-hybridized carbons (Fsp3) is 0.200. The van der Waals surface area contributed by atoms with E-state index in [9.17, 15) is 0 Å². The maximum absolute atomic E-state index is 6.09. The van der Waals surface area contributed by atoms with Gasteiger partial charge in [0.25, 0.3) is 0 Å².